The number of carbonyl (C=O) groups excluding carboxylic acids is 1. The van der Waals surface area contributed by atoms with E-state index in [4.69, 9.17) is 0 Å². The SMILES string of the molecule is C[C@@H]1CCC[C@H](C)N1C(=O)Cn1cc([N+](=O)[O-])ccc1=O. The van der Waals surface area contributed by atoms with Gasteiger partial charge in [0, 0.05) is 24.2 Å². The summed E-state index contributed by atoms with van der Waals surface area (Å²) in [5.41, 5.74) is -0.603. The van der Waals surface area contributed by atoms with Gasteiger partial charge in [-0.2, -0.15) is 0 Å². The molecule has 7 nitrogen and oxygen atoms in total. The van der Waals surface area contributed by atoms with Crippen LogP contribution in [0.25, 0.3) is 0 Å². The summed E-state index contributed by atoms with van der Waals surface area (Å²) in [7, 11) is 0. The Morgan fingerprint density at radius 1 is 1.33 bits per heavy atom. The van der Waals surface area contributed by atoms with Crippen LogP contribution in [0.5, 0.6) is 0 Å². The Bertz CT molecular complexity index is 600. The van der Waals surface area contributed by atoms with Crippen LogP contribution in [0.15, 0.2) is 23.1 Å². The lowest BCUT2D eigenvalue weighted by Gasteiger charge is -2.39. The fourth-order valence-electron chi connectivity index (χ4n) is 2.89. The number of nitro groups is 1. The van der Waals surface area contributed by atoms with Crippen molar-refractivity contribution in [2.45, 2.75) is 51.7 Å². The summed E-state index contributed by atoms with van der Waals surface area (Å²) in [6.07, 6.45) is 4.10. The molecule has 21 heavy (non-hydrogen) atoms. The van der Waals surface area contributed by atoms with Gasteiger partial charge in [0.05, 0.1) is 11.1 Å². The number of pyridine rings is 1. The van der Waals surface area contributed by atoms with Gasteiger partial charge < -0.3 is 4.90 Å². The normalized spacial score (nSPS) is 22.1. The predicted molar refractivity (Wildman–Crippen MR) is 77.0 cm³/mol. The average Bonchev–Trinajstić information content (AvgIpc) is 2.40. The molecule has 114 valence electrons. The lowest BCUT2D eigenvalue weighted by molar-refractivity contribution is -0.385. The maximum Gasteiger partial charge on any atom is 0.285 e. The summed E-state index contributed by atoms with van der Waals surface area (Å²) in [4.78, 5) is 36.1. The van der Waals surface area contributed by atoms with E-state index in [1.54, 1.807) is 4.90 Å². The average molecular weight is 293 g/mol. The zero-order valence-corrected chi connectivity index (χ0v) is 12.2. The third-order valence-electron chi connectivity index (χ3n) is 3.97. The van der Waals surface area contributed by atoms with Gasteiger partial charge in [-0.1, -0.05) is 0 Å². The van der Waals surface area contributed by atoms with E-state index in [1.165, 1.54) is 0 Å². The molecule has 2 heterocycles. The van der Waals surface area contributed by atoms with E-state index in [0.29, 0.717) is 0 Å². The molecule has 1 fully saturated rings. The van der Waals surface area contributed by atoms with Crippen molar-refractivity contribution in [3.05, 3.63) is 38.8 Å². The molecule has 0 aliphatic carbocycles. The monoisotopic (exact) mass is 293 g/mol. The van der Waals surface area contributed by atoms with Gasteiger partial charge >= 0.3 is 0 Å². The van der Waals surface area contributed by atoms with Crippen molar-refractivity contribution in [2.75, 3.05) is 0 Å². The first-order valence-corrected chi connectivity index (χ1v) is 7.06. The number of carbonyl (C=O) groups is 1. The van der Waals surface area contributed by atoms with Crippen molar-refractivity contribution in [2.24, 2.45) is 0 Å². The Labute approximate surface area is 122 Å². The van der Waals surface area contributed by atoms with Crippen LogP contribution in [0.3, 0.4) is 0 Å². The number of hydrogen-bond acceptors (Lipinski definition) is 4. The molecular formula is C14H19N3O4. The molecule has 0 bridgehead atoms. The van der Waals surface area contributed by atoms with E-state index in [-0.39, 0.29) is 30.2 Å². The second-order valence-corrected chi connectivity index (χ2v) is 5.54. The molecule has 1 aromatic rings. The first kappa shape index (κ1) is 15.2. The predicted octanol–water partition coefficient (Wildman–Crippen LogP) is 1.55. The maximum atomic E-state index is 12.4. The third kappa shape index (κ3) is 3.29. The van der Waals surface area contributed by atoms with Gasteiger partial charge in [0.15, 0.2) is 0 Å². The fraction of sp³-hybridized carbons (Fsp3) is 0.571. The van der Waals surface area contributed by atoms with Gasteiger partial charge in [-0.3, -0.25) is 24.3 Å². The second-order valence-electron chi connectivity index (χ2n) is 5.54. The third-order valence-corrected chi connectivity index (χ3v) is 3.97. The first-order valence-electron chi connectivity index (χ1n) is 7.06. The summed E-state index contributed by atoms with van der Waals surface area (Å²) in [6, 6.07) is 2.54. The summed E-state index contributed by atoms with van der Waals surface area (Å²) in [5.74, 6) is -0.169. The van der Waals surface area contributed by atoms with Crippen LogP contribution in [0.4, 0.5) is 5.69 Å². The minimum atomic E-state index is -0.577. The van der Waals surface area contributed by atoms with Crippen molar-refractivity contribution in [1.82, 2.24) is 9.47 Å². The van der Waals surface area contributed by atoms with Crippen molar-refractivity contribution in [3.8, 4) is 0 Å². The molecule has 0 saturated carbocycles. The molecule has 1 aliphatic heterocycles. The van der Waals surface area contributed by atoms with Crippen LogP contribution < -0.4 is 5.56 Å². The highest BCUT2D eigenvalue weighted by Gasteiger charge is 2.29. The van der Waals surface area contributed by atoms with Gasteiger partial charge in [0.2, 0.25) is 5.91 Å². The number of rotatable bonds is 3. The molecule has 0 aromatic carbocycles. The zero-order valence-electron chi connectivity index (χ0n) is 12.2. The molecule has 1 aliphatic rings. The molecule has 0 unspecified atom stereocenters. The molecule has 1 aromatic heterocycles. The van der Waals surface area contributed by atoms with E-state index >= 15 is 0 Å². The summed E-state index contributed by atoms with van der Waals surface area (Å²) in [6.45, 7) is 3.82. The number of amides is 1. The number of aromatic nitrogens is 1. The van der Waals surface area contributed by atoms with Gasteiger partial charge in [0.1, 0.15) is 6.54 Å². The van der Waals surface area contributed by atoms with Crippen LogP contribution in [0.1, 0.15) is 33.1 Å². The van der Waals surface area contributed by atoms with Crippen LogP contribution in [0.2, 0.25) is 0 Å². The van der Waals surface area contributed by atoms with Gasteiger partial charge in [-0.05, 0) is 33.1 Å². The van der Waals surface area contributed by atoms with Crippen molar-refractivity contribution < 1.29 is 9.72 Å². The summed E-state index contributed by atoms with van der Waals surface area (Å²) >= 11 is 0. The van der Waals surface area contributed by atoms with E-state index in [1.807, 2.05) is 13.8 Å². The van der Waals surface area contributed by atoms with Gasteiger partial charge in [-0.25, -0.2) is 0 Å². The molecule has 1 amide bonds. The van der Waals surface area contributed by atoms with E-state index in [9.17, 15) is 19.7 Å². The van der Waals surface area contributed by atoms with Crippen molar-refractivity contribution >= 4 is 11.6 Å². The highest BCUT2D eigenvalue weighted by Crippen LogP contribution is 2.22. The van der Waals surface area contributed by atoms with Crippen LogP contribution >= 0.6 is 0 Å². The Hall–Kier alpha value is -2.18. The fourth-order valence-corrected chi connectivity index (χ4v) is 2.89. The quantitative estimate of drug-likeness (QED) is 0.625. The second kappa shape index (κ2) is 6.07. The molecule has 2 rings (SSSR count). The smallest absolute Gasteiger partial charge is 0.285 e. The van der Waals surface area contributed by atoms with Gasteiger partial charge in [-0.15, -0.1) is 0 Å². The minimum Gasteiger partial charge on any atom is -0.336 e. The van der Waals surface area contributed by atoms with Crippen LogP contribution in [-0.4, -0.2) is 32.4 Å². The Balaban J connectivity index is 2.21. The van der Waals surface area contributed by atoms with Crippen LogP contribution in [0, 0.1) is 10.1 Å². The summed E-state index contributed by atoms with van der Waals surface area (Å²) < 4.78 is 1.11. The molecule has 0 radical (unpaired) electrons. The summed E-state index contributed by atoms with van der Waals surface area (Å²) in [5, 5.41) is 10.8. The molecule has 0 N–H and O–H groups in total. The number of piperidine rings is 1. The molecule has 2 atom stereocenters. The molecule has 1 saturated heterocycles. The molecular weight excluding hydrogens is 274 g/mol. The Morgan fingerprint density at radius 3 is 2.52 bits per heavy atom. The lowest BCUT2D eigenvalue weighted by Crippen LogP contribution is -2.49. The maximum absolute atomic E-state index is 12.4. The number of likely N-dealkylation sites (tertiary alicyclic amines) is 1. The minimum absolute atomic E-state index is 0.135. The number of nitrogens with zero attached hydrogens (tertiary/aromatic N) is 3. The Kier molecular flexibility index (Phi) is 4.40. The van der Waals surface area contributed by atoms with Gasteiger partial charge in [0.25, 0.3) is 11.2 Å². The van der Waals surface area contributed by atoms with Crippen molar-refractivity contribution in [1.29, 1.82) is 0 Å². The van der Waals surface area contributed by atoms with Crippen LogP contribution in [-0.2, 0) is 11.3 Å². The zero-order chi connectivity index (χ0) is 15.6. The van der Waals surface area contributed by atoms with Crippen molar-refractivity contribution in [3.63, 3.8) is 0 Å². The highest BCUT2D eigenvalue weighted by atomic mass is 16.6. The largest absolute Gasteiger partial charge is 0.336 e. The topological polar surface area (TPSA) is 85.4 Å². The standard InChI is InChI=1S/C14H19N3O4/c1-10-4-3-5-11(2)16(10)14(19)9-15-8-12(17(20)21)6-7-13(15)18/h6-8,10-11H,3-5,9H2,1-2H3/t10-,11+. The molecule has 7 heteroatoms. The Morgan fingerprint density at radius 2 is 1.95 bits per heavy atom. The van der Waals surface area contributed by atoms with E-state index < -0.39 is 10.5 Å². The molecule has 0 spiro atoms. The van der Waals surface area contributed by atoms with E-state index in [0.717, 1.165) is 42.2 Å². The number of hydrogen-bond donors (Lipinski definition) is 0. The lowest BCUT2D eigenvalue weighted by atomic mass is 9.97. The van der Waals surface area contributed by atoms with E-state index in [2.05, 4.69) is 0 Å². The first-order chi connectivity index (χ1) is 9.90. The highest BCUT2D eigenvalue weighted by molar-refractivity contribution is 5.76.